The second-order valence-corrected chi connectivity index (χ2v) is 6.17. The molecule has 0 saturated carbocycles. The summed E-state index contributed by atoms with van der Waals surface area (Å²) in [7, 11) is 0. The number of carbonyl (C=O) groups excluding carboxylic acids is 1. The Morgan fingerprint density at radius 2 is 1.75 bits per heavy atom. The van der Waals surface area contributed by atoms with Crippen molar-refractivity contribution in [2.75, 3.05) is 13.1 Å². The summed E-state index contributed by atoms with van der Waals surface area (Å²) in [6.07, 6.45) is -3.72. The Morgan fingerprint density at radius 1 is 1.25 bits per heavy atom. The number of piperidine rings is 1. The van der Waals surface area contributed by atoms with Crippen LogP contribution in [0, 0.1) is 0 Å². The maximum Gasteiger partial charge on any atom is 0.407 e. The van der Waals surface area contributed by atoms with Crippen LogP contribution in [0.15, 0.2) is 0 Å². The van der Waals surface area contributed by atoms with Gasteiger partial charge in [-0.15, -0.1) is 0 Å². The van der Waals surface area contributed by atoms with Crippen molar-refractivity contribution >= 4 is 6.09 Å². The monoisotopic (exact) mass is 296 g/mol. The van der Waals surface area contributed by atoms with E-state index in [1.165, 1.54) is 11.8 Å². The number of nitrogens with zero attached hydrogens (tertiary/aromatic N) is 1. The smallest absolute Gasteiger partial charge is 0.407 e. The lowest BCUT2D eigenvalue weighted by Crippen LogP contribution is -2.51. The summed E-state index contributed by atoms with van der Waals surface area (Å²) in [4.78, 5) is 13.0. The molecule has 0 aromatic carbocycles. The van der Waals surface area contributed by atoms with E-state index in [-0.39, 0.29) is 6.04 Å². The van der Waals surface area contributed by atoms with Crippen LogP contribution in [-0.4, -0.2) is 47.9 Å². The molecule has 1 atom stereocenters. The number of ether oxygens (including phenoxy) is 1. The number of amides is 1. The summed E-state index contributed by atoms with van der Waals surface area (Å²) in [6.45, 7) is 7.10. The standard InChI is InChI=1S/C13H23F3N2O2/c1-9(13(14,15)16)18-7-5-10(6-8-18)17-11(19)20-12(2,3)4/h9-10H,5-8H2,1-4H3,(H,17,19). The summed E-state index contributed by atoms with van der Waals surface area (Å²) in [5.74, 6) is 0. The van der Waals surface area contributed by atoms with Gasteiger partial charge in [-0.2, -0.15) is 13.2 Å². The zero-order valence-electron chi connectivity index (χ0n) is 12.4. The Morgan fingerprint density at radius 3 is 2.15 bits per heavy atom. The van der Waals surface area contributed by atoms with E-state index in [0.717, 1.165) is 0 Å². The molecule has 0 radical (unpaired) electrons. The second kappa shape index (κ2) is 6.20. The van der Waals surface area contributed by atoms with E-state index in [0.29, 0.717) is 25.9 Å². The van der Waals surface area contributed by atoms with Crippen molar-refractivity contribution in [3.05, 3.63) is 0 Å². The molecule has 7 heteroatoms. The summed E-state index contributed by atoms with van der Waals surface area (Å²) < 4.78 is 42.9. The molecule has 0 spiro atoms. The van der Waals surface area contributed by atoms with Gasteiger partial charge < -0.3 is 10.1 Å². The van der Waals surface area contributed by atoms with Crippen LogP contribution in [0.2, 0.25) is 0 Å². The third-order valence-corrected chi connectivity index (χ3v) is 3.27. The Kier molecular flexibility index (Phi) is 5.29. The van der Waals surface area contributed by atoms with Gasteiger partial charge in [0.05, 0.1) is 0 Å². The number of hydrogen-bond donors (Lipinski definition) is 1. The summed E-state index contributed by atoms with van der Waals surface area (Å²) in [5.41, 5.74) is -0.574. The summed E-state index contributed by atoms with van der Waals surface area (Å²) >= 11 is 0. The van der Waals surface area contributed by atoms with Crippen molar-refractivity contribution in [2.24, 2.45) is 0 Å². The predicted octanol–water partition coefficient (Wildman–Crippen LogP) is 2.93. The van der Waals surface area contributed by atoms with Gasteiger partial charge in [-0.3, -0.25) is 4.90 Å². The number of halogens is 3. The van der Waals surface area contributed by atoms with Crippen LogP contribution in [0.25, 0.3) is 0 Å². The van der Waals surface area contributed by atoms with E-state index in [1.54, 1.807) is 20.8 Å². The van der Waals surface area contributed by atoms with Gasteiger partial charge in [0.25, 0.3) is 0 Å². The summed E-state index contributed by atoms with van der Waals surface area (Å²) in [6, 6.07) is -1.56. The number of nitrogens with one attached hydrogen (secondary N) is 1. The lowest BCUT2D eigenvalue weighted by Gasteiger charge is -2.37. The molecule has 1 saturated heterocycles. The molecule has 1 unspecified atom stereocenters. The van der Waals surface area contributed by atoms with Crippen molar-refractivity contribution in [2.45, 2.75) is 64.4 Å². The molecule has 1 rings (SSSR count). The Bertz CT molecular complexity index is 331. The van der Waals surface area contributed by atoms with Crippen LogP contribution >= 0.6 is 0 Å². The number of likely N-dealkylation sites (tertiary alicyclic amines) is 1. The predicted molar refractivity (Wildman–Crippen MR) is 69.5 cm³/mol. The first kappa shape index (κ1) is 17.1. The van der Waals surface area contributed by atoms with Crippen LogP contribution in [0.4, 0.5) is 18.0 Å². The van der Waals surface area contributed by atoms with Crippen molar-refractivity contribution in [1.82, 2.24) is 10.2 Å². The molecule has 118 valence electrons. The van der Waals surface area contributed by atoms with Crippen LogP contribution < -0.4 is 5.32 Å². The minimum Gasteiger partial charge on any atom is -0.444 e. The molecule has 0 aromatic heterocycles. The lowest BCUT2D eigenvalue weighted by molar-refractivity contribution is -0.181. The Hall–Kier alpha value is -0.980. The Labute approximate surface area is 117 Å². The largest absolute Gasteiger partial charge is 0.444 e. The third kappa shape index (κ3) is 5.56. The molecule has 1 aliphatic rings. The molecule has 1 fully saturated rings. The topological polar surface area (TPSA) is 41.6 Å². The lowest BCUT2D eigenvalue weighted by atomic mass is 10.0. The van der Waals surface area contributed by atoms with Crippen molar-refractivity contribution in [3.63, 3.8) is 0 Å². The van der Waals surface area contributed by atoms with E-state index < -0.39 is 23.9 Å². The highest BCUT2D eigenvalue weighted by molar-refractivity contribution is 5.68. The van der Waals surface area contributed by atoms with Gasteiger partial charge >= 0.3 is 12.3 Å². The molecule has 0 bridgehead atoms. The van der Waals surface area contributed by atoms with E-state index in [2.05, 4.69) is 5.32 Å². The van der Waals surface area contributed by atoms with Crippen molar-refractivity contribution < 1.29 is 22.7 Å². The van der Waals surface area contributed by atoms with E-state index in [9.17, 15) is 18.0 Å². The Balaban J connectivity index is 2.38. The van der Waals surface area contributed by atoms with Crippen LogP contribution in [-0.2, 0) is 4.74 Å². The average molecular weight is 296 g/mol. The summed E-state index contributed by atoms with van der Waals surface area (Å²) in [5, 5.41) is 2.70. The molecular formula is C13H23F3N2O2. The molecule has 1 aliphatic heterocycles. The first-order valence-electron chi connectivity index (χ1n) is 6.79. The number of rotatable bonds is 2. The fourth-order valence-electron chi connectivity index (χ4n) is 2.11. The highest BCUT2D eigenvalue weighted by atomic mass is 19.4. The van der Waals surface area contributed by atoms with Gasteiger partial charge in [0.2, 0.25) is 0 Å². The average Bonchev–Trinajstić information content (AvgIpc) is 2.25. The van der Waals surface area contributed by atoms with E-state index >= 15 is 0 Å². The first-order chi connectivity index (χ1) is 8.99. The van der Waals surface area contributed by atoms with Gasteiger partial charge in [-0.1, -0.05) is 0 Å². The first-order valence-corrected chi connectivity index (χ1v) is 6.79. The molecule has 0 aromatic rings. The fourth-order valence-corrected chi connectivity index (χ4v) is 2.11. The number of alkyl halides is 3. The second-order valence-electron chi connectivity index (χ2n) is 6.17. The third-order valence-electron chi connectivity index (χ3n) is 3.27. The van der Waals surface area contributed by atoms with Gasteiger partial charge in [0.15, 0.2) is 0 Å². The van der Waals surface area contributed by atoms with Gasteiger partial charge in [0.1, 0.15) is 11.6 Å². The molecule has 1 amide bonds. The minimum atomic E-state index is -4.20. The van der Waals surface area contributed by atoms with Crippen LogP contribution in [0.5, 0.6) is 0 Å². The molecular weight excluding hydrogens is 273 g/mol. The van der Waals surface area contributed by atoms with E-state index in [4.69, 9.17) is 4.74 Å². The maximum absolute atomic E-state index is 12.6. The van der Waals surface area contributed by atoms with Gasteiger partial charge in [0, 0.05) is 19.1 Å². The molecule has 0 aliphatic carbocycles. The molecule has 20 heavy (non-hydrogen) atoms. The number of carbonyl (C=O) groups is 1. The maximum atomic E-state index is 12.6. The van der Waals surface area contributed by atoms with Crippen LogP contribution in [0.3, 0.4) is 0 Å². The number of hydrogen-bond acceptors (Lipinski definition) is 3. The number of alkyl carbamates (subject to hydrolysis) is 1. The quantitative estimate of drug-likeness (QED) is 0.852. The van der Waals surface area contributed by atoms with Crippen molar-refractivity contribution in [1.29, 1.82) is 0 Å². The van der Waals surface area contributed by atoms with Crippen molar-refractivity contribution in [3.8, 4) is 0 Å². The van der Waals surface area contributed by atoms with E-state index in [1.807, 2.05) is 0 Å². The zero-order chi connectivity index (χ0) is 15.6. The molecule has 1 N–H and O–H groups in total. The minimum absolute atomic E-state index is 0.124. The highest BCUT2D eigenvalue weighted by Gasteiger charge is 2.41. The van der Waals surface area contributed by atoms with Gasteiger partial charge in [-0.25, -0.2) is 4.79 Å². The normalized spacial score (nSPS) is 20.6. The molecule has 4 nitrogen and oxygen atoms in total. The SMILES string of the molecule is CC(N1CCC(NC(=O)OC(C)(C)C)CC1)C(F)(F)F. The fraction of sp³-hybridized carbons (Fsp3) is 0.923. The zero-order valence-corrected chi connectivity index (χ0v) is 12.4. The van der Waals surface area contributed by atoms with Gasteiger partial charge in [-0.05, 0) is 40.5 Å². The molecule has 1 heterocycles. The highest BCUT2D eigenvalue weighted by Crippen LogP contribution is 2.26. The van der Waals surface area contributed by atoms with Crippen LogP contribution in [0.1, 0.15) is 40.5 Å².